The standard InChI is InChI=1S/C14H11N5O2/c15-11-7-18-12(8-17-11)19-5-4-16-13(19)9-2-1-3-10(6-9)14(20)21/h1-8H,(H2,15,17)(H,20,21). The van der Waals surface area contributed by atoms with Crippen molar-refractivity contribution in [2.75, 3.05) is 5.73 Å². The van der Waals surface area contributed by atoms with E-state index in [4.69, 9.17) is 10.8 Å². The van der Waals surface area contributed by atoms with E-state index in [1.807, 2.05) is 0 Å². The summed E-state index contributed by atoms with van der Waals surface area (Å²) in [4.78, 5) is 23.5. The van der Waals surface area contributed by atoms with Crippen LogP contribution in [0, 0.1) is 0 Å². The predicted octanol–water partition coefficient (Wildman–Crippen LogP) is 1.61. The highest BCUT2D eigenvalue weighted by atomic mass is 16.4. The highest BCUT2D eigenvalue weighted by molar-refractivity contribution is 5.89. The number of benzene rings is 1. The van der Waals surface area contributed by atoms with E-state index in [9.17, 15) is 4.79 Å². The minimum atomic E-state index is -0.984. The Hall–Kier alpha value is -3.22. The van der Waals surface area contributed by atoms with Gasteiger partial charge in [-0.2, -0.15) is 0 Å². The number of carboxylic acid groups (broad SMARTS) is 1. The minimum absolute atomic E-state index is 0.199. The number of hydrogen-bond acceptors (Lipinski definition) is 5. The number of imidazole rings is 1. The van der Waals surface area contributed by atoms with Crippen LogP contribution >= 0.6 is 0 Å². The molecule has 0 unspecified atom stereocenters. The quantitative estimate of drug-likeness (QED) is 0.755. The van der Waals surface area contributed by atoms with Gasteiger partial charge in [0, 0.05) is 18.0 Å². The molecule has 0 aliphatic heterocycles. The highest BCUT2D eigenvalue weighted by Gasteiger charge is 2.11. The molecule has 0 atom stereocenters. The fraction of sp³-hybridized carbons (Fsp3) is 0. The Morgan fingerprint density at radius 3 is 2.76 bits per heavy atom. The largest absolute Gasteiger partial charge is 0.478 e. The molecule has 7 nitrogen and oxygen atoms in total. The molecule has 7 heteroatoms. The minimum Gasteiger partial charge on any atom is -0.478 e. The van der Waals surface area contributed by atoms with Crippen LogP contribution in [-0.4, -0.2) is 30.6 Å². The molecule has 3 rings (SSSR count). The van der Waals surface area contributed by atoms with E-state index in [0.29, 0.717) is 23.0 Å². The predicted molar refractivity (Wildman–Crippen MR) is 76.0 cm³/mol. The van der Waals surface area contributed by atoms with Crippen molar-refractivity contribution in [1.82, 2.24) is 19.5 Å². The lowest BCUT2D eigenvalue weighted by Crippen LogP contribution is -2.02. The molecule has 0 amide bonds. The number of aromatic nitrogens is 4. The van der Waals surface area contributed by atoms with Gasteiger partial charge in [0.1, 0.15) is 11.6 Å². The molecular formula is C14H11N5O2. The van der Waals surface area contributed by atoms with Crippen LogP contribution in [0.3, 0.4) is 0 Å². The smallest absolute Gasteiger partial charge is 0.335 e. The van der Waals surface area contributed by atoms with Gasteiger partial charge < -0.3 is 10.8 Å². The van der Waals surface area contributed by atoms with Gasteiger partial charge in [-0.1, -0.05) is 12.1 Å². The third kappa shape index (κ3) is 2.44. The molecule has 0 radical (unpaired) electrons. The number of carbonyl (C=O) groups is 1. The van der Waals surface area contributed by atoms with E-state index in [1.54, 1.807) is 35.2 Å². The van der Waals surface area contributed by atoms with Crippen LogP contribution in [0.5, 0.6) is 0 Å². The second-order valence-electron chi connectivity index (χ2n) is 4.31. The van der Waals surface area contributed by atoms with Crippen molar-refractivity contribution in [2.45, 2.75) is 0 Å². The number of aromatic carboxylic acids is 1. The summed E-state index contributed by atoms with van der Waals surface area (Å²) < 4.78 is 1.72. The Kier molecular flexibility index (Phi) is 3.07. The lowest BCUT2D eigenvalue weighted by atomic mass is 10.1. The first-order valence-corrected chi connectivity index (χ1v) is 6.10. The number of rotatable bonds is 3. The first-order chi connectivity index (χ1) is 10.1. The fourth-order valence-corrected chi connectivity index (χ4v) is 1.95. The van der Waals surface area contributed by atoms with Gasteiger partial charge in [-0.15, -0.1) is 0 Å². The van der Waals surface area contributed by atoms with E-state index in [-0.39, 0.29) is 5.56 Å². The molecular weight excluding hydrogens is 270 g/mol. The summed E-state index contributed by atoms with van der Waals surface area (Å²) >= 11 is 0. The van der Waals surface area contributed by atoms with Gasteiger partial charge in [0.05, 0.1) is 18.0 Å². The Morgan fingerprint density at radius 2 is 2.05 bits per heavy atom. The SMILES string of the molecule is Nc1cnc(-n2ccnc2-c2cccc(C(=O)O)c2)cn1. The number of nitrogen functional groups attached to an aromatic ring is 1. The molecule has 21 heavy (non-hydrogen) atoms. The molecule has 0 saturated carbocycles. The van der Waals surface area contributed by atoms with Gasteiger partial charge >= 0.3 is 5.97 Å². The number of anilines is 1. The molecule has 3 aromatic rings. The van der Waals surface area contributed by atoms with Crippen molar-refractivity contribution >= 4 is 11.8 Å². The second kappa shape index (κ2) is 5.04. The van der Waals surface area contributed by atoms with E-state index < -0.39 is 5.97 Å². The molecule has 0 spiro atoms. The zero-order valence-electron chi connectivity index (χ0n) is 10.8. The number of nitrogens with zero attached hydrogens (tertiary/aromatic N) is 4. The van der Waals surface area contributed by atoms with Gasteiger partial charge in [0.15, 0.2) is 5.82 Å². The second-order valence-corrected chi connectivity index (χ2v) is 4.31. The van der Waals surface area contributed by atoms with E-state index in [1.165, 1.54) is 18.5 Å². The van der Waals surface area contributed by atoms with Crippen LogP contribution in [0.25, 0.3) is 17.2 Å². The van der Waals surface area contributed by atoms with Crippen molar-refractivity contribution in [3.63, 3.8) is 0 Å². The van der Waals surface area contributed by atoms with E-state index in [0.717, 1.165) is 0 Å². The summed E-state index contributed by atoms with van der Waals surface area (Å²) in [6.45, 7) is 0. The molecule has 0 saturated heterocycles. The van der Waals surface area contributed by atoms with Crippen LogP contribution in [0.15, 0.2) is 49.1 Å². The van der Waals surface area contributed by atoms with Gasteiger partial charge in [-0.05, 0) is 12.1 Å². The Labute approximate surface area is 119 Å². The van der Waals surface area contributed by atoms with Gasteiger partial charge in [-0.25, -0.2) is 19.7 Å². The van der Waals surface area contributed by atoms with Gasteiger partial charge in [0.2, 0.25) is 0 Å². The highest BCUT2D eigenvalue weighted by Crippen LogP contribution is 2.21. The first kappa shape index (κ1) is 12.8. The molecule has 2 aromatic heterocycles. The van der Waals surface area contributed by atoms with Gasteiger partial charge in [0.25, 0.3) is 0 Å². The molecule has 0 fully saturated rings. The summed E-state index contributed by atoms with van der Waals surface area (Å²) in [6, 6.07) is 6.55. The van der Waals surface area contributed by atoms with Crippen LogP contribution in [-0.2, 0) is 0 Å². The normalized spacial score (nSPS) is 10.5. The summed E-state index contributed by atoms with van der Waals surface area (Å²) in [5.74, 6) is 0.477. The molecule has 3 N–H and O–H groups in total. The van der Waals surface area contributed by atoms with Crippen molar-refractivity contribution in [3.05, 3.63) is 54.6 Å². The lowest BCUT2D eigenvalue weighted by Gasteiger charge is -2.07. The molecule has 0 bridgehead atoms. The number of nitrogens with two attached hydrogens (primary N) is 1. The van der Waals surface area contributed by atoms with Crippen molar-refractivity contribution in [3.8, 4) is 17.2 Å². The topological polar surface area (TPSA) is 107 Å². The zero-order valence-corrected chi connectivity index (χ0v) is 10.8. The Bertz CT molecular complexity index is 795. The van der Waals surface area contributed by atoms with Gasteiger partial charge in [-0.3, -0.25) is 4.57 Å². The van der Waals surface area contributed by atoms with E-state index in [2.05, 4.69) is 15.0 Å². The van der Waals surface area contributed by atoms with Crippen LogP contribution in [0.2, 0.25) is 0 Å². The first-order valence-electron chi connectivity index (χ1n) is 6.10. The molecule has 2 heterocycles. The maximum atomic E-state index is 11.1. The van der Waals surface area contributed by atoms with Crippen molar-refractivity contribution < 1.29 is 9.90 Å². The van der Waals surface area contributed by atoms with Crippen molar-refractivity contribution in [1.29, 1.82) is 0 Å². The monoisotopic (exact) mass is 281 g/mol. The molecule has 0 aliphatic rings. The maximum absolute atomic E-state index is 11.1. The summed E-state index contributed by atoms with van der Waals surface area (Å²) in [7, 11) is 0. The number of hydrogen-bond donors (Lipinski definition) is 2. The Morgan fingerprint density at radius 1 is 1.19 bits per heavy atom. The average molecular weight is 281 g/mol. The molecule has 0 aliphatic carbocycles. The fourth-order valence-electron chi connectivity index (χ4n) is 1.95. The van der Waals surface area contributed by atoms with Crippen molar-refractivity contribution in [2.24, 2.45) is 0 Å². The average Bonchev–Trinajstić information content (AvgIpc) is 2.97. The molecule has 104 valence electrons. The summed E-state index contributed by atoms with van der Waals surface area (Å²) in [5, 5.41) is 9.06. The third-order valence-electron chi connectivity index (χ3n) is 2.91. The summed E-state index contributed by atoms with van der Waals surface area (Å²) in [5.41, 5.74) is 6.40. The van der Waals surface area contributed by atoms with Crippen LogP contribution in [0.1, 0.15) is 10.4 Å². The van der Waals surface area contributed by atoms with E-state index >= 15 is 0 Å². The zero-order chi connectivity index (χ0) is 14.8. The van der Waals surface area contributed by atoms with Crippen LogP contribution in [0.4, 0.5) is 5.82 Å². The molecule has 1 aromatic carbocycles. The summed E-state index contributed by atoms with van der Waals surface area (Å²) in [6.07, 6.45) is 6.32. The Balaban J connectivity index is 2.08. The number of carboxylic acids is 1. The third-order valence-corrected chi connectivity index (χ3v) is 2.91. The van der Waals surface area contributed by atoms with Crippen LogP contribution < -0.4 is 5.73 Å². The maximum Gasteiger partial charge on any atom is 0.335 e. The lowest BCUT2D eigenvalue weighted by molar-refractivity contribution is 0.0697.